The highest BCUT2D eigenvalue weighted by Crippen LogP contribution is 2.26. The maximum absolute atomic E-state index is 12.6. The fourth-order valence-electron chi connectivity index (χ4n) is 2.82. The molecule has 1 saturated heterocycles. The van der Waals surface area contributed by atoms with E-state index in [1.807, 2.05) is 0 Å². The van der Waals surface area contributed by atoms with E-state index in [0.29, 0.717) is 18.7 Å². The first-order valence-corrected chi connectivity index (χ1v) is 7.06. The van der Waals surface area contributed by atoms with E-state index in [9.17, 15) is 9.59 Å². The molecule has 0 unspecified atom stereocenters. The predicted molar refractivity (Wildman–Crippen MR) is 74.5 cm³/mol. The van der Waals surface area contributed by atoms with Crippen molar-refractivity contribution in [1.82, 2.24) is 9.88 Å². The van der Waals surface area contributed by atoms with E-state index in [-0.39, 0.29) is 36.1 Å². The number of carbonyl (C=O) groups is 2. The van der Waals surface area contributed by atoms with Gasteiger partial charge in [-0.3, -0.25) is 9.59 Å². The highest BCUT2D eigenvalue weighted by molar-refractivity contribution is 5.92. The van der Waals surface area contributed by atoms with Crippen molar-refractivity contribution in [3.63, 3.8) is 0 Å². The third-order valence-corrected chi connectivity index (χ3v) is 3.91. The number of nitrogens with zero attached hydrogens (tertiary/aromatic N) is 2. The van der Waals surface area contributed by atoms with E-state index >= 15 is 0 Å². The number of likely N-dealkylation sites (tertiary alicyclic amines) is 1. The van der Waals surface area contributed by atoms with Gasteiger partial charge in [-0.05, 0) is 26.2 Å². The van der Waals surface area contributed by atoms with Crippen LogP contribution in [0.3, 0.4) is 0 Å². The Hall–Kier alpha value is -1.89. The summed E-state index contributed by atoms with van der Waals surface area (Å²) < 4.78 is 10.7. The number of hydrogen-bond donors (Lipinski definition) is 1. The van der Waals surface area contributed by atoms with E-state index in [1.54, 1.807) is 18.9 Å². The average Bonchev–Trinajstić information content (AvgIpc) is 2.90. The van der Waals surface area contributed by atoms with E-state index in [2.05, 4.69) is 4.98 Å². The topological polar surface area (TPSA) is 98.7 Å². The van der Waals surface area contributed by atoms with E-state index in [4.69, 9.17) is 14.9 Å². The Labute approximate surface area is 123 Å². The van der Waals surface area contributed by atoms with Gasteiger partial charge in [0.05, 0.1) is 17.8 Å². The number of hydrogen-bond acceptors (Lipinski definition) is 5. The molecule has 2 amide bonds. The van der Waals surface area contributed by atoms with Crippen molar-refractivity contribution in [2.24, 2.45) is 5.73 Å². The minimum atomic E-state index is -0.376. The van der Waals surface area contributed by atoms with Crippen LogP contribution in [0.5, 0.6) is 0 Å². The van der Waals surface area contributed by atoms with Gasteiger partial charge in [0, 0.05) is 20.1 Å². The van der Waals surface area contributed by atoms with Crippen molar-refractivity contribution >= 4 is 11.8 Å². The zero-order valence-corrected chi connectivity index (χ0v) is 12.4. The third-order valence-electron chi connectivity index (χ3n) is 3.91. The quantitative estimate of drug-likeness (QED) is 0.869. The number of rotatable bonds is 5. The molecule has 7 heteroatoms. The first-order chi connectivity index (χ1) is 10.0. The standard InChI is InChI=1S/C14H21N3O4/c1-9-13(21-8-16-9)14(19)17-7-3-4-11(20-2)10(17)5-6-12(15)18/h8,10-11H,3-7H2,1-2H3,(H2,15,18)/t10-,11-/m0/s1. The highest BCUT2D eigenvalue weighted by atomic mass is 16.5. The number of ether oxygens (including phenoxy) is 1. The number of aromatic nitrogens is 1. The molecule has 116 valence electrons. The first-order valence-electron chi connectivity index (χ1n) is 7.06. The lowest BCUT2D eigenvalue weighted by atomic mass is 9.94. The molecule has 2 N–H and O–H groups in total. The Morgan fingerprint density at radius 3 is 2.90 bits per heavy atom. The van der Waals surface area contributed by atoms with Crippen LogP contribution in [-0.4, -0.2) is 47.5 Å². The van der Waals surface area contributed by atoms with Gasteiger partial charge in [0.1, 0.15) is 0 Å². The molecule has 2 atom stereocenters. The van der Waals surface area contributed by atoms with E-state index < -0.39 is 0 Å². The summed E-state index contributed by atoms with van der Waals surface area (Å²) in [6.45, 7) is 2.34. The Morgan fingerprint density at radius 2 is 2.33 bits per heavy atom. The second-order valence-electron chi connectivity index (χ2n) is 5.25. The van der Waals surface area contributed by atoms with Gasteiger partial charge >= 0.3 is 0 Å². The molecule has 0 aliphatic carbocycles. The Balaban J connectivity index is 2.19. The fraction of sp³-hybridized carbons (Fsp3) is 0.643. The fourth-order valence-corrected chi connectivity index (χ4v) is 2.82. The molecular weight excluding hydrogens is 274 g/mol. The summed E-state index contributed by atoms with van der Waals surface area (Å²) in [6.07, 6.45) is 3.60. The van der Waals surface area contributed by atoms with Crippen molar-refractivity contribution in [2.75, 3.05) is 13.7 Å². The molecule has 0 saturated carbocycles. The summed E-state index contributed by atoms with van der Waals surface area (Å²) in [5.74, 6) is -0.337. The minimum Gasteiger partial charge on any atom is -0.438 e. The summed E-state index contributed by atoms with van der Waals surface area (Å²) in [5, 5.41) is 0. The molecule has 1 fully saturated rings. The second-order valence-corrected chi connectivity index (χ2v) is 5.25. The van der Waals surface area contributed by atoms with Gasteiger partial charge in [-0.1, -0.05) is 0 Å². The van der Waals surface area contributed by atoms with Crippen LogP contribution in [0.1, 0.15) is 41.9 Å². The number of aryl methyl sites for hydroxylation is 1. The van der Waals surface area contributed by atoms with Crippen LogP contribution in [0.4, 0.5) is 0 Å². The lowest BCUT2D eigenvalue weighted by Gasteiger charge is -2.40. The van der Waals surface area contributed by atoms with Gasteiger partial charge < -0.3 is 19.8 Å². The summed E-state index contributed by atoms with van der Waals surface area (Å²) in [7, 11) is 1.62. The number of carbonyl (C=O) groups excluding carboxylic acids is 2. The van der Waals surface area contributed by atoms with Crippen LogP contribution in [0.15, 0.2) is 10.8 Å². The zero-order chi connectivity index (χ0) is 15.4. The Bertz CT molecular complexity index is 514. The maximum Gasteiger partial charge on any atom is 0.291 e. The summed E-state index contributed by atoms with van der Waals surface area (Å²) >= 11 is 0. The van der Waals surface area contributed by atoms with Gasteiger partial charge in [0.2, 0.25) is 11.7 Å². The molecule has 0 radical (unpaired) electrons. The van der Waals surface area contributed by atoms with E-state index in [1.165, 1.54) is 6.39 Å². The number of oxazole rings is 1. The summed E-state index contributed by atoms with van der Waals surface area (Å²) in [6, 6.07) is -0.173. The molecule has 0 bridgehead atoms. The van der Waals surface area contributed by atoms with Crippen molar-refractivity contribution in [1.29, 1.82) is 0 Å². The smallest absolute Gasteiger partial charge is 0.291 e. The van der Waals surface area contributed by atoms with Crippen LogP contribution in [-0.2, 0) is 9.53 Å². The lowest BCUT2D eigenvalue weighted by Crippen LogP contribution is -2.52. The Morgan fingerprint density at radius 1 is 1.57 bits per heavy atom. The largest absolute Gasteiger partial charge is 0.438 e. The van der Waals surface area contributed by atoms with Gasteiger partial charge in [-0.15, -0.1) is 0 Å². The number of primary amides is 1. The molecule has 2 rings (SSSR count). The normalized spacial score (nSPS) is 22.3. The maximum atomic E-state index is 12.6. The number of nitrogens with two attached hydrogens (primary N) is 1. The number of amides is 2. The van der Waals surface area contributed by atoms with Crippen LogP contribution in [0.25, 0.3) is 0 Å². The van der Waals surface area contributed by atoms with Crippen LogP contribution < -0.4 is 5.73 Å². The molecule has 21 heavy (non-hydrogen) atoms. The average molecular weight is 295 g/mol. The molecular formula is C14H21N3O4. The van der Waals surface area contributed by atoms with Gasteiger partial charge in [0.25, 0.3) is 5.91 Å². The molecule has 1 aliphatic rings. The first kappa shape index (κ1) is 15.5. The van der Waals surface area contributed by atoms with E-state index in [0.717, 1.165) is 12.8 Å². The lowest BCUT2D eigenvalue weighted by molar-refractivity contribution is -0.118. The van der Waals surface area contributed by atoms with Crippen LogP contribution in [0.2, 0.25) is 0 Å². The van der Waals surface area contributed by atoms with Crippen molar-refractivity contribution in [3.05, 3.63) is 17.8 Å². The molecule has 2 heterocycles. The summed E-state index contributed by atoms with van der Waals surface area (Å²) in [4.78, 5) is 29.3. The van der Waals surface area contributed by atoms with Gasteiger partial charge in [0.15, 0.2) is 6.39 Å². The molecule has 0 aromatic carbocycles. The molecule has 1 aliphatic heterocycles. The molecule has 0 spiro atoms. The van der Waals surface area contributed by atoms with Crippen LogP contribution in [0, 0.1) is 6.92 Å². The zero-order valence-electron chi connectivity index (χ0n) is 12.4. The van der Waals surface area contributed by atoms with Crippen molar-refractivity contribution in [3.8, 4) is 0 Å². The third kappa shape index (κ3) is 3.41. The SMILES string of the molecule is CO[C@H]1CCCN(C(=O)c2ocnc2C)[C@H]1CCC(N)=O. The number of piperidine rings is 1. The molecule has 1 aromatic rings. The second kappa shape index (κ2) is 6.71. The van der Waals surface area contributed by atoms with Crippen molar-refractivity contribution in [2.45, 2.75) is 44.8 Å². The Kier molecular flexibility index (Phi) is 4.95. The van der Waals surface area contributed by atoms with Crippen molar-refractivity contribution < 1.29 is 18.7 Å². The number of methoxy groups -OCH3 is 1. The van der Waals surface area contributed by atoms with Gasteiger partial charge in [-0.25, -0.2) is 4.98 Å². The summed E-state index contributed by atoms with van der Waals surface area (Å²) in [5.41, 5.74) is 5.79. The highest BCUT2D eigenvalue weighted by Gasteiger charge is 2.36. The van der Waals surface area contributed by atoms with Gasteiger partial charge in [-0.2, -0.15) is 0 Å². The molecule has 1 aromatic heterocycles. The van der Waals surface area contributed by atoms with Crippen LogP contribution >= 0.6 is 0 Å². The minimum absolute atomic E-state index is 0.0923. The predicted octanol–water partition coefficient (Wildman–Crippen LogP) is 0.868. The monoisotopic (exact) mass is 295 g/mol. The molecule has 7 nitrogen and oxygen atoms in total.